The molecule has 0 spiro atoms. The summed E-state index contributed by atoms with van der Waals surface area (Å²) in [7, 11) is 0. The summed E-state index contributed by atoms with van der Waals surface area (Å²) in [6, 6.07) is 5.98. The zero-order valence-electron chi connectivity index (χ0n) is 22.6. The third kappa shape index (κ3) is 6.01. The van der Waals surface area contributed by atoms with Gasteiger partial charge in [-0.15, -0.1) is 11.3 Å². The number of thiazole rings is 1. The van der Waals surface area contributed by atoms with E-state index in [2.05, 4.69) is 35.4 Å². The molecule has 2 aliphatic carbocycles. The fourth-order valence-electron chi connectivity index (χ4n) is 5.86. The lowest BCUT2D eigenvalue weighted by atomic mass is 9.69. The van der Waals surface area contributed by atoms with Gasteiger partial charge in [0.1, 0.15) is 5.76 Å². The van der Waals surface area contributed by atoms with Crippen molar-refractivity contribution in [2.24, 2.45) is 11.8 Å². The first-order valence-corrected chi connectivity index (χ1v) is 14.6. The fraction of sp³-hybridized carbons (Fsp3) is 0.533. The molecule has 2 aliphatic rings. The summed E-state index contributed by atoms with van der Waals surface area (Å²) in [4.78, 5) is 29.0. The third-order valence-electron chi connectivity index (χ3n) is 7.85. The number of hydrogen-bond donors (Lipinski definition) is 2. The van der Waals surface area contributed by atoms with E-state index in [1.807, 2.05) is 26.0 Å². The van der Waals surface area contributed by atoms with Crippen molar-refractivity contribution in [2.45, 2.75) is 90.4 Å². The molecule has 3 aromatic rings. The van der Waals surface area contributed by atoms with Crippen molar-refractivity contribution in [3.8, 4) is 0 Å². The van der Waals surface area contributed by atoms with Gasteiger partial charge in [0.25, 0.3) is 0 Å². The molecule has 202 valence electrons. The van der Waals surface area contributed by atoms with Gasteiger partial charge in [0.15, 0.2) is 5.69 Å². The highest BCUT2D eigenvalue weighted by Gasteiger charge is 2.41. The number of nitrogens with zero attached hydrogens (tertiary/aromatic N) is 2. The Balaban J connectivity index is 1.40. The maximum Gasteiger partial charge on any atom is 0.355 e. The summed E-state index contributed by atoms with van der Waals surface area (Å²) in [5, 5.41) is 19.3. The highest BCUT2D eigenvalue weighted by atomic mass is 32.1. The van der Waals surface area contributed by atoms with E-state index >= 15 is 0 Å². The number of carboxylic acid groups (broad SMARTS) is 1. The van der Waals surface area contributed by atoms with Gasteiger partial charge in [-0.2, -0.15) is 0 Å². The van der Waals surface area contributed by atoms with E-state index in [0.29, 0.717) is 29.2 Å². The Labute approximate surface area is 228 Å². The van der Waals surface area contributed by atoms with E-state index in [0.717, 1.165) is 59.9 Å². The topological polar surface area (TPSA) is 105 Å². The second kappa shape index (κ2) is 11.0. The molecular formula is C30H37N3O4S. The van der Waals surface area contributed by atoms with Crippen LogP contribution in [0.2, 0.25) is 0 Å². The molecule has 5 rings (SSSR count). The van der Waals surface area contributed by atoms with Gasteiger partial charge in [-0.05, 0) is 75.3 Å². The minimum atomic E-state index is -1.04. The lowest BCUT2D eigenvalue weighted by Crippen LogP contribution is -2.24. The van der Waals surface area contributed by atoms with Gasteiger partial charge < -0.3 is 14.9 Å². The van der Waals surface area contributed by atoms with Crippen LogP contribution in [0.3, 0.4) is 0 Å². The van der Waals surface area contributed by atoms with Crippen LogP contribution in [0.1, 0.15) is 114 Å². The normalized spacial score (nSPS) is 19.8. The molecule has 2 fully saturated rings. The van der Waals surface area contributed by atoms with E-state index in [4.69, 9.17) is 4.52 Å². The molecule has 0 unspecified atom stereocenters. The van der Waals surface area contributed by atoms with Crippen molar-refractivity contribution in [1.82, 2.24) is 10.1 Å². The van der Waals surface area contributed by atoms with Crippen molar-refractivity contribution in [2.75, 3.05) is 5.32 Å². The first-order valence-electron chi connectivity index (χ1n) is 13.7. The van der Waals surface area contributed by atoms with Crippen LogP contribution in [0.25, 0.3) is 0 Å². The molecule has 8 heteroatoms. The SMILES string of the molecule is Cc1ccc(NC(=O)C[C@H](Cc2nc(C(=O)O)cs2)c2noc(C3CC(CC(C)C)C3)c2C2CC2)c(C)c1. The van der Waals surface area contributed by atoms with Crippen molar-refractivity contribution < 1.29 is 19.2 Å². The van der Waals surface area contributed by atoms with Crippen LogP contribution < -0.4 is 5.32 Å². The van der Waals surface area contributed by atoms with Gasteiger partial charge in [-0.3, -0.25) is 4.79 Å². The Morgan fingerprint density at radius 1 is 1.18 bits per heavy atom. The van der Waals surface area contributed by atoms with Crippen molar-refractivity contribution in [3.05, 3.63) is 62.4 Å². The Kier molecular flexibility index (Phi) is 7.70. The molecule has 1 atom stereocenters. The first kappa shape index (κ1) is 26.6. The van der Waals surface area contributed by atoms with Crippen LogP contribution in [0, 0.1) is 25.7 Å². The number of nitrogens with one attached hydrogen (secondary N) is 1. The zero-order valence-corrected chi connectivity index (χ0v) is 23.4. The van der Waals surface area contributed by atoms with Crippen LogP contribution in [0.4, 0.5) is 5.69 Å². The van der Waals surface area contributed by atoms with Gasteiger partial charge in [-0.25, -0.2) is 9.78 Å². The fourth-order valence-corrected chi connectivity index (χ4v) is 6.71. The van der Waals surface area contributed by atoms with E-state index in [-0.39, 0.29) is 23.9 Å². The molecule has 1 amide bonds. The Morgan fingerprint density at radius 2 is 1.95 bits per heavy atom. The predicted octanol–water partition coefficient (Wildman–Crippen LogP) is 7.22. The molecule has 0 bridgehead atoms. The molecule has 1 aromatic carbocycles. The summed E-state index contributed by atoms with van der Waals surface area (Å²) >= 11 is 1.32. The average Bonchev–Trinajstić information content (AvgIpc) is 3.38. The average molecular weight is 536 g/mol. The number of carbonyl (C=O) groups excluding carboxylic acids is 1. The summed E-state index contributed by atoms with van der Waals surface area (Å²) in [5.74, 6) is 1.92. The second-order valence-electron chi connectivity index (χ2n) is 11.7. The number of carboxylic acids is 1. The zero-order chi connectivity index (χ0) is 27.0. The van der Waals surface area contributed by atoms with Gasteiger partial charge in [-0.1, -0.05) is 36.7 Å². The number of aromatic carboxylic acids is 1. The Hall–Kier alpha value is -3.00. The van der Waals surface area contributed by atoms with Crippen LogP contribution in [0.15, 0.2) is 28.1 Å². The summed E-state index contributed by atoms with van der Waals surface area (Å²) < 4.78 is 6.06. The Bertz CT molecular complexity index is 1320. The van der Waals surface area contributed by atoms with Crippen LogP contribution in [-0.2, 0) is 11.2 Å². The molecule has 38 heavy (non-hydrogen) atoms. The van der Waals surface area contributed by atoms with E-state index in [9.17, 15) is 14.7 Å². The first-order chi connectivity index (χ1) is 18.2. The molecule has 2 aromatic heterocycles. The second-order valence-corrected chi connectivity index (χ2v) is 12.6. The number of carbonyl (C=O) groups is 2. The summed E-state index contributed by atoms with van der Waals surface area (Å²) in [6.45, 7) is 8.57. The van der Waals surface area contributed by atoms with Crippen LogP contribution in [-0.4, -0.2) is 27.1 Å². The molecule has 7 nitrogen and oxygen atoms in total. The van der Waals surface area contributed by atoms with Gasteiger partial charge >= 0.3 is 5.97 Å². The number of rotatable bonds is 11. The van der Waals surface area contributed by atoms with Crippen molar-refractivity contribution >= 4 is 28.9 Å². The minimum absolute atomic E-state index is 0.0393. The molecule has 2 saturated carbocycles. The largest absolute Gasteiger partial charge is 0.476 e. The molecule has 0 aliphatic heterocycles. The predicted molar refractivity (Wildman–Crippen MR) is 148 cm³/mol. The number of anilines is 1. The van der Waals surface area contributed by atoms with E-state index < -0.39 is 5.97 Å². The number of aryl methyl sites for hydroxylation is 2. The van der Waals surface area contributed by atoms with Crippen LogP contribution >= 0.6 is 11.3 Å². The number of hydrogen-bond acceptors (Lipinski definition) is 6. The number of aromatic nitrogens is 2. The van der Waals surface area contributed by atoms with Gasteiger partial charge in [0.2, 0.25) is 5.91 Å². The quantitative estimate of drug-likeness (QED) is 0.269. The van der Waals surface area contributed by atoms with Crippen molar-refractivity contribution in [1.29, 1.82) is 0 Å². The maximum absolute atomic E-state index is 13.3. The number of amides is 1. The molecular weight excluding hydrogens is 498 g/mol. The van der Waals surface area contributed by atoms with E-state index in [1.54, 1.807) is 5.38 Å². The molecule has 2 heterocycles. The summed E-state index contributed by atoms with van der Waals surface area (Å²) in [5.41, 5.74) is 5.07. The highest BCUT2D eigenvalue weighted by Crippen LogP contribution is 2.52. The monoisotopic (exact) mass is 535 g/mol. The van der Waals surface area contributed by atoms with Gasteiger partial charge in [0.05, 0.1) is 10.7 Å². The number of benzene rings is 1. The molecule has 0 radical (unpaired) electrons. The molecule has 2 N–H and O–H groups in total. The maximum atomic E-state index is 13.3. The van der Waals surface area contributed by atoms with Gasteiger partial charge in [0, 0.05) is 41.3 Å². The Morgan fingerprint density at radius 3 is 2.58 bits per heavy atom. The highest BCUT2D eigenvalue weighted by molar-refractivity contribution is 7.09. The smallest absolute Gasteiger partial charge is 0.355 e. The van der Waals surface area contributed by atoms with Crippen LogP contribution in [0.5, 0.6) is 0 Å². The van der Waals surface area contributed by atoms with Crippen molar-refractivity contribution in [3.63, 3.8) is 0 Å². The lowest BCUT2D eigenvalue weighted by molar-refractivity contribution is -0.116. The lowest BCUT2D eigenvalue weighted by Gasteiger charge is -2.35. The molecule has 0 saturated heterocycles. The third-order valence-corrected chi connectivity index (χ3v) is 8.72. The minimum Gasteiger partial charge on any atom is -0.476 e. The standard InChI is InChI=1S/C30H37N3O4S/c1-16(2)9-19-11-22(12-19)29-27(20-6-7-20)28(33-37-29)21(14-26-32-24(15-38-26)30(35)36)13-25(34)31-23-8-5-17(3)10-18(23)4/h5,8,10,15-16,19-22H,6-7,9,11-14H2,1-4H3,(H,31,34)(H,35,36)/t19?,21-,22?/m1/s1. The van der Waals surface area contributed by atoms with E-state index in [1.165, 1.54) is 23.3 Å². The summed E-state index contributed by atoms with van der Waals surface area (Å²) in [6.07, 6.45) is 6.42.